The largest absolute Gasteiger partial charge is 0.467 e. The Hall–Kier alpha value is -3.71. The third kappa shape index (κ3) is 5.92. The maximum Gasteiger partial charge on any atom is 0.328 e. The van der Waals surface area contributed by atoms with E-state index in [0.717, 1.165) is 11.3 Å². The number of hydrogen-bond donors (Lipinski definition) is 1. The lowest BCUT2D eigenvalue weighted by Gasteiger charge is -2.17. The second-order valence-electron chi connectivity index (χ2n) is 6.87. The maximum atomic E-state index is 12.5. The van der Waals surface area contributed by atoms with E-state index in [1.54, 1.807) is 42.7 Å². The number of aromatic nitrogens is 2. The molecule has 0 fully saturated rings. The molecule has 32 heavy (non-hydrogen) atoms. The summed E-state index contributed by atoms with van der Waals surface area (Å²) in [6.07, 6.45) is 7.34. The monoisotopic (exact) mass is 450 g/mol. The molecule has 1 unspecified atom stereocenters. The zero-order valence-electron chi connectivity index (χ0n) is 17.7. The summed E-state index contributed by atoms with van der Waals surface area (Å²) < 4.78 is 4.83. The number of ether oxygens (including phenoxy) is 1. The topological polar surface area (TPSA) is 84.4 Å². The van der Waals surface area contributed by atoms with Crippen LogP contribution in [0.3, 0.4) is 0 Å². The Morgan fingerprint density at radius 1 is 1.09 bits per heavy atom. The van der Waals surface area contributed by atoms with E-state index in [1.807, 2.05) is 48.4 Å². The lowest BCUT2D eigenvalue weighted by molar-refractivity contribution is -0.142. The molecule has 0 bridgehead atoms. The first-order valence-corrected chi connectivity index (χ1v) is 10.3. The maximum absolute atomic E-state index is 12.5. The number of esters is 1. The van der Waals surface area contributed by atoms with Crippen molar-refractivity contribution >= 4 is 41.2 Å². The fourth-order valence-corrected chi connectivity index (χ4v) is 3.19. The number of benzene rings is 2. The number of nitrogens with one attached hydrogen (secondary N) is 1. The number of nitrogens with zero attached hydrogens (tertiary/aromatic N) is 3. The van der Waals surface area contributed by atoms with Crippen LogP contribution in [0.1, 0.15) is 22.3 Å². The van der Waals surface area contributed by atoms with Crippen molar-refractivity contribution in [3.63, 3.8) is 0 Å². The van der Waals surface area contributed by atoms with Crippen LogP contribution in [0.15, 0.2) is 73.1 Å². The number of rotatable bonds is 8. The van der Waals surface area contributed by atoms with Crippen molar-refractivity contribution in [1.29, 1.82) is 0 Å². The molecule has 1 amide bonds. The molecule has 1 aromatic heterocycles. The second-order valence-corrected chi connectivity index (χ2v) is 7.27. The molecule has 0 saturated heterocycles. The Morgan fingerprint density at radius 3 is 2.44 bits per heavy atom. The molecule has 1 atom stereocenters. The van der Waals surface area contributed by atoms with Crippen LogP contribution in [0.25, 0.3) is 6.08 Å². The molecule has 0 aliphatic rings. The standard InChI is InChI=1S/C24H23ClN4O3/c1-29(24-26-15-6-16-27-24)18-13-11-17(12-14-18)7-5-10-21(23(31)32-2)28-22(30)19-8-3-4-9-20(19)25/h3-9,11-16,21H,10H2,1-2H3,(H,28,30). The van der Waals surface area contributed by atoms with E-state index in [1.165, 1.54) is 7.11 Å². The number of carbonyl (C=O) groups excluding carboxylic acids is 2. The molecule has 7 nitrogen and oxygen atoms in total. The smallest absolute Gasteiger partial charge is 0.328 e. The first-order chi connectivity index (χ1) is 15.5. The first-order valence-electron chi connectivity index (χ1n) is 9.90. The van der Waals surface area contributed by atoms with Gasteiger partial charge in [0.2, 0.25) is 5.95 Å². The molecule has 8 heteroatoms. The molecule has 164 valence electrons. The van der Waals surface area contributed by atoms with Crippen molar-refractivity contribution in [2.45, 2.75) is 12.5 Å². The predicted octanol–water partition coefficient (Wildman–Crippen LogP) is 4.27. The first kappa shape index (κ1) is 23.0. The second kappa shape index (κ2) is 11.1. The molecule has 0 aliphatic heterocycles. The number of methoxy groups -OCH3 is 1. The Bertz CT molecular complexity index is 1090. The highest BCUT2D eigenvalue weighted by Crippen LogP contribution is 2.20. The van der Waals surface area contributed by atoms with E-state index in [-0.39, 0.29) is 6.42 Å². The minimum atomic E-state index is -0.833. The fraction of sp³-hybridized carbons (Fsp3) is 0.167. The lowest BCUT2D eigenvalue weighted by atomic mass is 10.1. The van der Waals surface area contributed by atoms with Gasteiger partial charge in [0, 0.05) is 25.1 Å². The van der Waals surface area contributed by atoms with E-state index in [0.29, 0.717) is 16.5 Å². The Morgan fingerprint density at radius 2 is 1.78 bits per heavy atom. The summed E-state index contributed by atoms with van der Waals surface area (Å²) in [6.45, 7) is 0. The quantitative estimate of drug-likeness (QED) is 0.516. The molecule has 3 rings (SSSR count). The minimum Gasteiger partial charge on any atom is -0.467 e. The number of anilines is 2. The molecule has 1 heterocycles. The van der Waals surface area contributed by atoms with Crippen LogP contribution in [-0.2, 0) is 9.53 Å². The molecule has 0 spiro atoms. The van der Waals surface area contributed by atoms with E-state index in [2.05, 4.69) is 15.3 Å². The van der Waals surface area contributed by atoms with Gasteiger partial charge in [-0.05, 0) is 42.3 Å². The third-order valence-corrected chi connectivity index (χ3v) is 5.05. The zero-order valence-corrected chi connectivity index (χ0v) is 18.5. The van der Waals surface area contributed by atoms with Crippen LogP contribution in [-0.4, -0.2) is 42.0 Å². The van der Waals surface area contributed by atoms with Crippen molar-refractivity contribution in [1.82, 2.24) is 15.3 Å². The van der Waals surface area contributed by atoms with Gasteiger partial charge in [-0.1, -0.05) is 48.0 Å². The molecular formula is C24H23ClN4O3. The van der Waals surface area contributed by atoms with Gasteiger partial charge in [0.1, 0.15) is 6.04 Å². The highest BCUT2D eigenvalue weighted by atomic mass is 35.5. The summed E-state index contributed by atoms with van der Waals surface area (Å²) in [5.41, 5.74) is 2.18. The van der Waals surface area contributed by atoms with Crippen molar-refractivity contribution in [3.05, 3.63) is 89.2 Å². The number of carbonyl (C=O) groups is 2. The van der Waals surface area contributed by atoms with Crippen molar-refractivity contribution in [2.75, 3.05) is 19.1 Å². The Kier molecular flexibility index (Phi) is 7.94. The van der Waals surface area contributed by atoms with Crippen molar-refractivity contribution in [2.24, 2.45) is 0 Å². The molecule has 0 saturated carbocycles. The van der Waals surface area contributed by atoms with Gasteiger partial charge in [-0.3, -0.25) is 4.79 Å². The summed E-state index contributed by atoms with van der Waals surface area (Å²) in [6, 6.07) is 15.4. The van der Waals surface area contributed by atoms with E-state index >= 15 is 0 Å². The zero-order chi connectivity index (χ0) is 22.9. The molecule has 0 aliphatic carbocycles. The van der Waals surface area contributed by atoms with Crippen molar-refractivity contribution < 1.29 is 14.3 Å². The number of hydrogen-bond acceptors (Lipinski definition) is 6. The van der Waals surface area contributed by atoms with Crippen LogP contribution in [0, 0.1) is 0 Å². The summed E-state index contributed by atoms with van der Waals surface area (Å²) >= 11 is 6.07. The molecule has 1 N–H and O–H groups in total. The van der Waals surface area contributed by atoms with E-state index in [9.17, 15) is 9.59 Å². The highest BCUT2D eigenvalue weighted by Gasteiger charge is 2.21. The minimum absolute atomic E-state index is 0.266. The van der Waals surface area contributed by atoms with Crippen LogP contribution in [0.2, 0.25) is 5.02 Å². The highest BCUT2D eigenvalue weighted by molar-refractivity contribution is 6.33. The lowest BCUT2D eigenvalue weighted by Crippen LogP contribution is -2.41. The molecular weight excluding hydrogens is 428 g/mol. The van der Waals surface area contributed by atoms with Crippen LogP contribution in [0.4, 0.5) is 11.6 Å². The summed E-state index contributed by atoms with van der Waals surface area (Å²) in [5, 5.41) is 3.00. The Balaban J connectivity index is 1.64. The summed E-state index contributed by atoms with van der Waals surface area (Å²) in [5.74, 6) is -0.365. The molecule has 3 aromatic rings. The summed E-state index contributed by atoms with van der Waals surface area (Å²) in [7, 11) is 3.18. The van der Waals surface area contributed by atoms with Gasteiger partial charge in [0.05, 0.1) is 17.7 Å². The number of halogens is 1. The van der Waals surface area contributed by atoms with Gasteiger partial charge in [0.25, 0.3) is 5.91 Å². The molecule has 2 aromatic carbocycles. The van der Waals surface area contributed by atoms with Gasteiger partial charge < -0.3 is 15.0 Å². The molecule has 0 radical (unpaired) electrons. The fourth-order valence-electron chi connectivity index (χ4n) is 2.97. The number of amides is 1. The average Bonchev–Trinajstić information content (AvgIpc) is 2.83. The van der Waals surface area contributed by atoms with Crippen LogP contribution >= 0.6 is 11.6 Å². The van der Waals surface area contributed by atoms with Gasteiger partial charge in [-0.15, -0.1) is 0 Å². The average molecular weight is 451 g/mol. The van der Waals surface area contributed by atoms with Crippen LogP contribution in [0.5, 0.6) is 0 Å². The van der Waals surface area contributed by atoms with Gasteiger partial charge in [0.15, 0.2) is 0 Å². The van der Waals surface area contributed by atoms with Gasteiger partial charge in [-0.25, -0.2) is 14.8 Å². The van der Waals surface area contributed by atoms with Gasteiger partial charge >= 0.3 is 5.97 Å². The predicted molar refractivity (Wildman–Crippen MR) is 125 cm³/mol. The normalized spacial score (nSPS) is 11.7. The van der Waals surface area contributed by atoms with E-state index < -0.39 is 17.9 Å². The van der Waals surface area contributed by atoms with Crippen molar-refractivity contribution in [3.8, 4) is 0 Å². The third-order valence-electron chi connectivity index (χ3n) is 4.72. The van der Waals surface area contributed by atoms with E-state index in [4.69, 9.17) is 16.3 Å². The SMILES string of the molecule is COC(=O)C(CC=Cc1ccc(N(C)c2ncccn2)cc1)NC(=O)c1ccccc1Cl. The summed E-state index contributed by atoms with van der Waals surface area (Å²) in [4.78, 5) is 35.0. The Labute approximate surface area is 191 Å². The van der Waals surface area contributed by atoms with Crippen LogP contribution < -0.4 is 10.2 Å². The van der Waals surface area contributed by atoms with Gasteiger partial charge in [-0.2, -0.15) is 0 Å².